The van der Waals surface area contributed by atoms with E-state index in [0.717, 1.165) is 12.1 Å². The molecule has 0 heterocycles. The highest BCUT2D eigenvalue weighted by Gasteiger charge is 2.29. The number of rotatable bonds is 5. The van der Waals surface area contributed by atoms with E-state index in [1.54, 1.807) is 6.92 Å². The molecule has 1 unspecified atom stereocenters. The molecule has 2 N–H and O–H groups in total. The lowest BCUT2D eigenvalue weighted by Gasteiger charge is -2.10. The Kier molecular flexibility index (Phi) is 5.76. The van der Waals surface area contributed by atoms with E-state index in [2.05, 4.69) is 5.32 Å². The van der Waals surface area contributed by atoms with Crippen LogP contribution in [0, 0.1) is 0 Å². The summed E-state index contributed by atoms with van der Waals surface area (Å²) >= 11 is 0. The Morgan fingerprint density at radius 2 is 1.95 bits per heavy atom. The van der Waals surface area contributed by atoms with Crippen molar-refractivity contribution in [1.29, 1.82) is 0 Å². The zero-order chi connectivity index (χ0) is 15.2. The number of alkyl halides is 3. The van der Waals surface area contributed by atoms with Crippen LogP contribution in [0.15, 0.2) is 30.3 Å². The van der Waals surface area contributed by atoms with E-state index < -0.39 is 11.7 Å². The SMILES string of the molecule is CC(CCO)NC(=O)/C=C/c1ccc(C(F)(F)F)cc1. The van der Waals surface area contributed by atoms with E-state index in [4.69, 9.17) is 5.11 Å². The molecule has 1 rings (SSSR count). The Morgan fingerprint density at radius 3 is 2.45 bits per heavy atom. The highest BCUT2D eigenvalue weighted by molar-refractivity contribution is 5.91. The predicted octanol–water partition coefficient (Wildman–Crippen LogP) is 2.61. The van der Waals surface area contributed by atoms with Gasteiger partial charge in [-0.05, 0) is 37.1 Å². The molecular weight excluding hydrogens is 271 g/mol. The predicted molar refractivity (Wildman–Crippen MR) is 69.8 cm³/mol. The molecule has 0 fully saturated rings. The highest BCUT2D eigenvalue weighted by atomic mass is 19.4. The summed E-state index contributed by atoms with van der Waals surface area (Å²) in [4.78, 5) is 11.5. The molecule has 1 aromatic rings. The van der Waals surface area contributed by atoms with E-state index in [0.29, 0.717) is 12.0 Å². The average Bonchev–Trinajstić information content (AvgIpc) is 2.36. The van der Waals surface area contributed by atoms with Crippen LogP contribution in [0.5, 0.6) is 0 Å². The van der Waals surface area contributed by atoms with E-state index in [-0.39, 0.29) is 18.6 Å². The number of nitrogens with one attached hydrogen (secondary N) is 1. The molecular formula is C14H16F3NO2. The van der Waals surface area contributed by atoms with Crippen molar-refractivity contribution in [2.75, 3.05) is 6.61 Å². The maximum absolute atomic E-state index is 12.3. The van der Waals surface area contributed by atoms with Gasteiger partial charge in [0.1, 0.15) is 0 Å². The van der Waals surface area contributed by atoms with Crippen LogP contribution in [0.25, 0.3) is 6.08 Å². The molecule has 0 bridgehead atoms. The fourth-order valence-corrected chi connectivity index (χ4v) is 1.51. The first-order valence-corrected chi connectivity index (χ1v) is 6.09. The Morgan fingerprint density at radius 1 is 1.35 bits per heavy atom. The van der Waals surface area contributed by atoms with Crippen molar-refractivity contribution in [1.82, 2.24) is 5.32 Å². The molecule has 1 atom stereocenters. The van der Waals surface area contributed by atoms with Crippen LogP contribution >= 0.6 is 0 Å². The van der Waals surface area contributed by atoms with Crippen LogP contribution in [-0.4, -0.2) is 23.7 Å². The number of carbonyl (C=O) groups is 1. The first kappa shape index (κ1) is 16.2. The lowest BCUT2D eigenvalue weighted by atomic mass is 10.1. The molecule has 0 radical (unpaired) electrons. The van der Waals surface area contributed by atoms with E-state index in [9.17, 15) is 18.0 Å². The van der Waals surface area contributed by atoms with Crippen molar-refractivity contribution < 1.29 is 23.1 Å². The van der Waals surface area contributed by atoms with Gasteiger partial charge in [-0.2, -0.15) is 13.2 Å². The van der Waals surface area contributed by atoms with Crippen LogP contribution < -0.4 is 5.32 Å². The molecule has 20 heavy (non-hydrogen) atoms. The van der Waals surface area contributed by atoms with Gasteiger partial charge in [0.15, 0.2) is 0 Å². The monoisotopic (exact) mass is 287 g/mol. The summed E-state index contributed by atoms with van der Waals surface area (Å²) in [6, 6.07) is 4.36. The van der Waals surface area contributed by atoms with Crippen LogP contribution in [0.2, 0.25) is 0 Å². The van der Waals surface area contributed by atoms with Crippen molar-refractivity contribution >= 4 is 12.0 Å². The number of carbonyl (C=O) groups excluding carboxylic acids is 1. The molecule has 0 aliphatic carbocycles. The number of aliphatic hydroxyl groups excluding tert-OH is 1. The quantitative estimate of drug-likeness (QED) is 0.818. The minimum atomic E-state index is -4.36. The summed E-state index contributed by atoms with van der Waals surface area (Å²) < 4.78 is 37.0. The largest absolute Gasteiger partial charge is 0.416 e. The fraction of sp³-hybridized carbons (Fsp3) is 0.357. The number of halogens is 3. The summed E-state index contributed by atoms with van der Waals surface area (Å²) in [7, 11) is 0. The molecule has 6 heteroatoms. The van der Waals surface area contributed by atoms with Gasteiger partial charge in [-0.25, -0.2) is 0 Å². The van der Waals surface area contributed by atoms with Crippen molar-refractivity contribution in [3.63, 3.8) is 0 Å². The Hall–Kier alpha value is -1.82. The fourth-order valence-electron chi connectivity index (χ4n) is 1.51. The van der Waals surface area contributed by atoms with Crippen molar-refractivity contribution in [3.8, 4) is 0 Å². The van der Waals surface area contributed by atoms with Gasteiger partial charge < -0.3 is 10.4 Å². The summed E-state index contributed by atoms with van der Waals surface area (Å²) in [6.07, 6.45) is -1.24. The first-order chi connectivity index (χ1) is 9.32. The minimum Gasteiger partial charge on any atom is -0.396 e. The topological polar surface area (TPSA) is 49.3 Å². The highest BCUT2D eigenvalue weighted by Crippen LogP contribution is 2.29. The smallest absolute Gasteiger partial charge is 0.396 e. The number of amides is 1. The van der Waals surface area contributed by atoms with Crippen LogP contribution in [0.3, 0.4) is 0 Å². The third-order valence-corrected chi connectivity index (χ3v) is 2.62. The summed E-state index contributed by atoms with van der Waals surface area (Å²) in [5, 5.41) is 11.3. The molecule has 0 aliphatic heterocycles. The average molecular weight is 287 g/mol. The Balaban J connectivity index is 2.60. The second-order valence-electron chi connectivity index (χ2n) is 4.38. The van der Waals surface area contributed by atoms with Gasteiger partial charge in [0.25, 0.3) is 0 Å². The maximum Gasteiger partial charge on any atom is 0.416 e. The van der Waals surface area contributed by atoms with Gasteiger partial charge in [0, 0.05) is 18.7 Å². The van der Waals surface area contributed by atoms with Gasteiger partial charge in [0.2, 0.25) is 5.91 Å². The van der Waals surface area contributed by atoms with E-state index in [1.165, 1.54) is 24.3 Å². The number of hydrogen-bond acceptors (Lipinski definition) is 2. The van der Waals surface area contributed by atoms with Crippen LogP contribution in [0.4, 0.5) is 13.2 Å². The first-order valence-electron chi connectivity index (χ1n) is 6.09. The van der Waals surface area contributed by atoms with Crippen molar-refractivity contribution in [3.05, 3.63) is 41.5 Å². The molecule has 3 nitrogen and oxygen atoms in total. The summed E-state index contributed by atoms with van der Waals surface area (Å²) in [5.41, 5.74) is -0.223. The maximum atomic E-state index is 12.3. The van der Waals surface area contributed by atoms with E-state index in [1.807, 2.05) is 0 Å². The van der Waals surface area contributed by atoms with Gasteiger partial charge >= 0.3 is 6.18 Å². The number of hydrogen-bond donors (Lipinski definition) is 2. The lowest BCUT2D eigenvalue weighted by Crippen LogP contribution is -2.31. The summed E-state index contributed by atoms with van der Waals surface area (Å²) in [5.74, 6) is -0.356. The van der Waals surface area contributed by atoms with E-state index >= 15 is 0 Å². The zero-order valence-electron chi connectivity index (χ0n) is 10.9. The van der Waals surface area contributed by atoms with Crippen LogP contribution in [-0.2, 0) is 11.0 Å². The minimum absolute atomic E-state index is 0.0237. The zero-order valence-corrected chi connectivity index (χ0v) is 10.9. The normalized spacial score (nSPS) is 13.4. The van der Waals surface area contributed by atoms with Crippen molar-refractivity contribution in [2.24, 2.45) is 0 Å². The molecule has 110 valence electrons. The van der Waals surface area contributed by atoms with Gasteiger partial charge in [-0.1, -0.05) is 12.1 Å². The van der Waals surface area contributed by atoms with Gasteiger partial charge in [-0.3, -0.25) is 4.79 Å². The van der Waals surface area contributed by atoms with Gasteiger partial charge in [-0.15, -0.1) is 0 Å². The molecule has 1 amide bonds. The molecule has 0 spiro atoms. The molecule has 0 saturated carbocycles. The molecule has 0 aromatic heterocycles. The van der Waals surface area contributed by atoms with Crippen molar-refractivity contribution in [2.45, 2.75) is 25.6 Å². The van der Waals surface area contributed by atoms with Crippen LogP contribution in [0.1, 0.15) is 24.5 Å². The molecule has 0 aliphatic rings. The summed E-state index contributed by atoms with van der Waals surface area (Å²) in [6.45, 7) is 1.73. The second kappa shape index (κ2) is 7.09. The second-order valence-corrected chi connectivity index (χ2v) is 4.38. The number of benzene rings is 1. The lowest BCUT2D eigenvalue weighted by molar-refractivity contribution is -0.137. The van der Waals surface area contributed by atoms with Gasteiger partial charge in [0.05, 0.1) is 5.56 Å². The Labute approximate surface area is 115 Å². The molecule has 1 aromatic carbocycles. The Bertz CT molecular complexity index is 466. The standard InChI is InChI=1S/C14H16F3NO2/c1-10(8-9-19)18-13(20)7-4-11-2-5-12(6-3-11)14(15,16)17/h2-7,10,19H,8-9H2,1H3,(H,18,20)/b7-4+. The number of aliphatic hydroxyl groups is 1. The third-order valence-electron chi connectivity index (χ3n) is 2.62. The third kappa shape index (κ3) is 5.44. The molecule has 0 saturated heterocycles.